The third-order valence-corrected chi connectivity index (χ3v) is 5.30. The molecule has 140 valence electrons. The van der Waals surface area contributed by atoms with Gasteiger partial charge in [0.05, 0.1) is 11.5 Å². The zero-order chi connectivity index (χ0) is 19.4. The van der Waals surface area contributed by atoms with Crippen LogP contribution in [0.3, 0.4) is 0 Å². The minimum Gasteiger partial charge on any atom is -0.483 e. The molecule has 0 N–H and O–H groups in total. The van der Waals surface area contributed by atoms with Crippen LogP contribution < -0.4 is 0 Å². The van der Waals surface area contributed by atoms with Crippen molar-refractivity contribution < 1.29 is 22.7 Å². The van der Waals surface area contributed by atoms with Gasteiger partial charge < -0.3 is 9.47 Å². The lowest BCUT2D eigenvalue weighted by atomic mass is 10.0. The lowest BCUT2D eigenvalue weighted by Gasteiger charge is -2.13. The zero-order valence-electron chi connectivity index (χ0n) is 15.0. The van der Waals surface area contributed by atoms with E-state index in [-0.39, 0.29) is 28.5 Å². The molecule has 27 heavy (non-hydrogen) atoms. The Morgan fingerprint density at radius 1 is 1.07 bits per heavy atom. The number of nitrogens with zero attached hydrogens (tertiary/aromatic N) is 1. The topological polar surface area (TPSA) is 82.0 Å². The molecule has 3 rings (SSSR count). The summed E-state index contributed by atoms with van der Waals surface area (Å²) >= 11 is 0. The summed E-state index contributed by atoms with van der Waals surface area (Å²) in [6.07, 6.45) is -0.802. The lowest BCUT2D eigenvalue weighted by molar-refractivity contribution is -0.137. The number of carbonyl (C=O) groups is 1. The first kappa shape index (κ1) is 18.8. The Morgan fingerprint density at radius 3 is 2.26 bits per heavy atom. The first-order valence-electron chi connectivity index (χ1n) is 8.44. The van der Waals surface area contributed by atoms with Gasteiger partial charge in [-0.2, -0.15) is 12.8 Å². The maximum atomic E-state index is 12.8. The molecule has 1 aliphatic rings. The fourth-order valence-electron chi connectivity index (χ4n) is 2.78. The predicted octanol–water partition coefficient (Wildman–Crippen LogP) is 3.42. The van der Waals surface area contributed by atoms with E-state index in [1.165, 1.54) is 12.1 Å². The molecule has 1 heterocycles. The van der Waals surface area contributed by atoms with Crippen molar-refractivity contribution in [3.05, 3.63) is 77.6 Å². The van der Waals surface area contributed by atoms with Crippen molar-refractivity contribution in [3.8, 4) is 0 Å². The molecule has 1 atom stereocenters. The molecule has 2 aromatic rings. The normalized spacial score (nSPS) is 18.4. The molecule has 0 saturated heterocycles. The van der Waals surface area contributed by atoms with E-state index in [0.29, 0.717) is 5.56 Å². The number of hydrogen-bond donors (Lipinski definition) is 0. The van der Waals surface area contributed by atoms with E-state index >= 15 is 0 Å². The van der Waals surface area contributed by atoms with E-state index < -0.39 is 22.1 Å². The molecule has 0 radical (unpaired) electrons. The van der Waals surface area contributed by atoms with E-state index in [0.717, 1.165) is 0 Å². The Labute approximate surface area is 158 Å². The van der Waals surface area contributed by atoms with Crippen molar-refractivity contribution >= 4 is 21.7 Å². The van der Waals surface area contributed by atoms with Gasteiger partial charge in [0.15, 0.2) is 6.10 Å². The third kappa shape index (κ3) is 3.93. The Bertz CT molecular complexity index is 995. The van der Waals surface area contributed by atoms with Crippen molar-refractivity contribution in [3.63, 3.8) is 0 Å². The van der Waals surface area contributed by atoms with Gasteiger partial charge in [-0.05, 0) is 31.5 Å². The largest absolute Gasteiger partial charge is 0.483 e. The summed E-state index contributed by atoms with van der Waals surface area (Å²) in [7, 11) is -4.02. The highest BCUT2D eigenvalue weighted by molar-refractivity contribution is 7.90. The molecule has 0 saturated carbocycles. The van der Waals surface area contributed by atoms with Gasteiger partial charge in [0.25, 0.3) is 10.0 Å². The van der Waals surface area contributed by atoms with E-state index in [4.69, 9.17) is 9.47 Å². The van der Waals surface area contributed by atoms with Crippen LogP contribution in [0, 0.1) is 0 Å². The van der Waals surface area contributed by atoms with Gasteiger partial charge in [0, 0.05) is 0 Å². The summed E-state index contributed by atoms with van der Waals surface area (Å²) in [5.74, 6) is -0.375. The van der Waals surface area contributed by atoms with E-state index in [9.17, 15) is 13.2 Å². The number of allylic oxidation sites excluding steroid dienone is 1. The van der Waals surface area contributed by atoms with Gasteiger partial charge in [0.2, 0.25) is 0 Å². The maximum absolute atomic E-state index is 12.8. The predicted molar refractivity (Wildman–Crippen MR) is 101 cm³/mol. The number of hydrogen-bond acceptors (Lipinski definition) is 5. The molecule has 1 unspecified atom stereocenters. The molecule has 1 aliphatic heterocycles. The Kier molecular flexibility index (Phi) is 5.41. The van der Waals surface area contributed by atoms with Crippen molar-refractivity contribution in [2.45, 2.75) is 24.8 Å². The average molecular weight is 385 g/mol. The average Bonchev–Trinajstić information content (AvgIpc) is 2.99. The van der Waals surface area contributed by atoms with Crippen LogP contribution in [-0.2, 0) is 24.3 Å². The third-order valence-electron chi connectivity index (χ3n) is 3.99. The maximum Gasteiger partial charge on any atom is 0.343 e. The van der Waals surface area contributed by atoms with Gasteiger partial charge in [-0.1, -0.05) is 48.5 Å². The minimum absolute atomic E-state index is 0.0287. The standard InChI is InChI=1S/C20H19NO5S/c1-3-25-20(22)17-14(2)26-19(15-10-6-4-7-11-15)18(17)21-27(23,24)16-12-8-5-9-13-16/h4-13,19H,3H2,1-2H3/b21-18-. The number of benzene rings is 2. The van der Waals surface area contributed by atoms with Crippen molar-refractivity contribution in [2.24, 2.45) is 4.40 Å². The van der Waals surface area contributed by atoms with E-state index in [1.54, 1.807) is 56.3 Å². The molecule has 0 aromatic heterocycles. The molecule has 6 nitrogen and oxygen atoms in total. The molecule has 7 heteroatoms. The number of sulfonamides is 1. The SMILES string of the molecule is CCOC(=O)C1=C(C)OC(c2ccccc2)/C1=N\S(=O)(=O)c1ccccc1. The molecule has 2 aromatic carbocycles. The fraction of sp³-hybridized carbons (Fsp3) is 0.200. The minimum atomic E-state index is -4.02. The van der Waals surface area contributed by atoms with Crippen LogP contribution in [0.2, 0.25) is 0 Å². The highest BCUT2D eigenvalue weighted by atomic mass is 32.2. The summed E-state index contributed by atoms with van der Waals surface area (Å²) < 4.78 is 40.4. The van der Waals surface area contributed by atoms with Crippen LogP contribution in [0.25, 0.3) is 0 Å². The van der Waals surface area contributed by atoms with Crippen molar-refractivity contribution in [1.29, 1.82) is 0 Å². The van der Waals surface area contributed by atoms with Crippen LogP contribution in [0.15, 0.2) is 81.3 Å². The number of ether oxygens (including phenoxy) is 2. The molecule has 0 aliphatic carbocycles. The Hall–Kier alpha value is -2.93. The second-order valence-corrected chi connectivity index (χ2v) is 7.43. The van der Waals surface area contributed by atoms with Gasteiger partial charge in [-0.25, -0.2) is 4.79 Å². The zero-order valence-corrected chi connectivity index (χ0v) is 15.8. The molecular weight excluding hydrogens is 366 g/mol. The van der Waals surface area contributed by atoms with Crippen LogP contribution in [0.1, 0.15) is 25.5 Å². The number of esters is 1. The highest BCUT2D eigenvalue weighted by Gasteiger charge is 2.38. The van der Waals surface area contributed by atoms with Gasteiger partial charge >= 0.3 is 5.97 Å². The van der Waals surface area contributed by atoms with E-state index in [2.05, 4.69) is 4.40 Å². The Morgan fingerprint density at radius 2 is 1.67 bits per heavy atom. The second-order valence-electron chi connectivity index (χ2n) is 5.82. The van der Waals surface area contributed by atoms with Gasteiger partial charge in [0.1, 0.15) is 17.0 Å². The molecule has 0 spiro atoms. The monoisotopic (exact) mass is 385 g/mol. The number of carbonyl (C=O) groups excluding carboxylic acids is 1. The lowest BCUT2D eigenvalue weighted by Crippen LogP contribution is -2.19. The summed E-state index contributed by atoms with van der Waals surface area (Å²) in [6.45, 7) is 3.43. The van der Waals surface area contributed by atoms with Crippen LogP contribution >= 0.6 is 0 Å². The van der Waals surface area contributed by atoms with Gasteiger partial charge in [-0.3, -0.25) is 0 Å². The first-order chi connectivity index (χ1) is 12.9. The van der Waals surface area contributed by atoms with Crippen LogP contribution in [0.4, 0.5) is 0 Å². The molecule has 0 fully saturated rings. The smallest absolute Gasteiger partial charge is 0.343 e. The van der Waals surface area contributed by atoms with E-state index in [1.807, 2.05) is 6.07 Å². The number of rotatable bonds is 5. The van der Waals surface area contributed by atoms with Crippen LogP contribution in [0.5, 0.6) is 0 Å². The molecular formula is C20H19NO5S. The summed E-state index contributed by atoms with van der Waals surface area (Å²) in [5, 5.41) is 0. The summed E-state index contributed by atoms with van der Waals surface area (Å²) in [5.41, 5.74) is 0.768. The van der Waals surface area contributed by atoms with Gasteiger partial charge in [-0.15, -0.1) is 0 Å². The Balaban J connectivity index is 2.13. The first-order valence-corrected chi connectivity index (χ1v) is 9.88. The van der Waals surface area contributed by atoms with Crippen LogP contribution in [-0.4, -0.2) is 26.7 Å². The summed E-state index contributed by atoms with van der Waals surface area (Å²) in [4.78, 5) is 12.5. The molecule has 0 amide bonds. The fourth-order valence-corrected chi connectivity index (χ4v) is 3.83. The quantitative estimate of drug-likeness (QED) is 0.737. The van der Waals surface area contributed by atoms with Crippen molar-refractivity contribution in [2.75, 3.05) is 6.61 Å². The van der Waals surface area contributed by atoms with Crippen molar-refractivity contribution in [1.82, 2.24) is 0 Å². The molecule has 0 bridgehead atoms. The summed E-state index contributed by atoms with van der Waals surface area (Å²) in [6, 6.07) is 16.9. The second kappa shape index (κ2) is 7.75. The highest BCUT2D eigenvalue weighted by Crippen LogP contribution is 2.35.